The van der Waals surface area contributed by atoms with Crippen molar-refractivity contribution in [1.82, 2.24) is 0 Å². The molecule has 0 atom stereocenters. The van der Waals surface area contributed by atoms with Crippen LogP contribution in [0.5, 0.6) is 0 Å². The molecule has 0 aliphatic heterocycles. The van der Waals surface area contributed by atoms with Gasteiger partial charge in [-0.1, -0.05) is 6.08 Å². The maximum absolute atomic E-state index is 13.5. The topological polar surface area (TPSA) is 69.4 Å². The minimum atomic E-state index is -0.937. The van der Waals surface area contributed by atoms with E-state index >= 15 is 0 Å². The summed E-state index contributed by atoms with van der Waals surface area (Å²) >= 11 is 0. The van der Waals surface area contributed by atoms with Crippen LogP contribution in [-0.2, 0) is 11.2 Å². The molecule has 0 fully saturated rings. The number of carbonyl (C=O) groups is 1. The summed E-state index contributed by atoms with van der Waals surface area (Å²) in [7, 11) is 1.08. The molecule has 0 saturated carbocycles. The molecule has 0 N–H and O–H groups in total. The number of carbonyl (C=O) groups excluding carboxylic acids is 1. The fraction of sp³-hybridized carbons (Fsp3) is 0.182. The Morgan fingerprint density at radius 2 is 2.29 bits per heavy atom. The van der Waals surface area contributed by atoms with Gasteiger partial charge < -0.3 is 4.74 Å². The van der Waals surface area contributed by atoms with Gasteiger partial charge in [0.05, 0.1) is 12.0 Å². The van der Waals surface area contributed by atoms with E-state index in [1.54, 1.807) is 0 Å². The Kier molecular flexibility index (Phi) is 3.92. The third kappa shape index (κ3) is 2.47. The molecule has 1 aromatic rings. The number of nitro groups is 1. The molecule has 1 rings (SSSR count). The van der Waals surface area contributed by atoms with Gasteiger partial charge in [-0.15, -0.1) is 6.58 Å². The quantitative estimate of drug-likeness (QED) is 0.349. The van der Waals surface area contributed by atoms with Gasteiger partial charge in [0.1, 0.15) is 11.4 Å². The predicted octanol–water partition coefficient (Wildman–Crippen LogP) is 2.25. The largest absolute Gasteiger partial charge is 0.465 e. The number of hydrogen-bond acceptors (Lipinski definition) is 4. The SMILES string of the molecule is C=CCc1c(F)ccc([N+](=O)[O-])c1C(=O)OC. The van der Waals surface area contributed by atoms with Crippen LogP contribution in [0.25, 0.3) is 0 Å². The first-order valence-corrected chi connectivity index (χ1v) is 4.67. The Morgan fingerprint density at radius 1 is 1.65 bits per heavy atom. The molecule has 0 spiro atoms. The van der Waals surface area contributed by atoms with Crippen LogP contribution in [0.15, 0.2) is 24.8 Å². The van der Waals surface area contributed by atoms with E-state index in [2.05, 4.69) is 11.3 Å². The molecule has 17 heavy (non-hydrogen) atoms. The highest BCUT2D eigenvalue weighted by Crippen LogP contribution is 2.26. The average Bonchev–Trinajstić information content (AvgIpc) is 2.30. The van der Waals surface area contributed by atoms with Crippen molar-refractivity contribution >= 4 is 11.7 Å². The van der Waals surface area contributed by atoms with Crippen LogP contribution in [0.2, 0.25) is 0 Å². The van der Waals surface area contributed by atoms with Gasteiger partial charge in [-0.3, -0.25) is 10.1 Å². The Morgan fingerprint density at radius 3 is 2.76 bits per heavy atom. The second-order valence-electron chi connectivity index (χ2n) is 3.16. The van der Waals surface area contributed by atoms with E-state index < -0.39 is 22.4 Å². The van der Waals surface area contributed by atoms with Crippen LogP contribution >= 0.6 is 0 Å². The smallest absolute Gasteiger partial charge is 0.345 e. The molecule has 5 nitrogen and oxygen atoms in total. The highest BCUT2D eigenvalue weighted by Gasteiger charge is 2.26. The first-order valence-electron chi connectivity index (χ1n) is 4.67. The van der Waals surface area contributed by atoms with Gasteiger partial charge in [-0.05, 0) is 12.5 Å². The zero-order valence-electron chi connectivity index (χ0n) is 9.10. The molecular formula is C11H10FNO4. The van der Waals surface area contributed by atoms with Gasteiger partial charge in [0, 0.05) is 11.6 Å². The number of nitrogens with zero attached hydrogens (tertiary/aromatic N) is 1. The minimum Gasteiger partial charge on any atom is -0.465 e. The van der Waals surface area contributed by atoms with Gasteiger partial charge in [0.25, 0.3) is 5.69 Å². The van der Waals surface area contributed by atoms with Crippen molar-refractivity contribution in [2.24, 2.45) is 0 Å². The standard InChI is InChI=1S/C11H10FNO4/c1-3-4-7-8(12)5-6-9(13(15)16)10(7)11(14)17-2/h3,5-6H,1,4H2,2H3. The van der Waals surface area contributed by atoms with E-state index in [0.717, 1.165) is 19.2 Å². The lowest BCUT2D eigenvalue weighted by Gasteiger charge is -2.07. The van der Waals surface area contributed by atoms with Crippen LogP contribution in [0, 0.1) is 15.9 Å². The van der Waals surface area contributed by atoms with E-state index in [9.17, 15) is 19.3 Å². The molecule has 0 radical (unpaired) electrons. The lowest BCUT2D eigenvalue weighted by atomic mass is 10.0. The molecule has 90 valence electrons. The lowest BCUT2D eigenvalue weighted by Crippen LogP contribution is -2.11. The molecule has 0 aromatic heterocycles. The molecule has 0 unspecified atom stereocenters. The van der Waals surface area contributed by atoms with Crippen LogP contribution < -0.4 is 0 Å². The number of halogens is 1. The van der Waals surface area contributed by atoms with Crippen molar-refractivity contribution in [3.63, 3.8) is 0 Å². The van der Waals surface area contributed by atoms with E-state index in [1.165, 1.54) is 6.08 Å². The first-order chi connectivity index (χ1) is 8.02. The summed E-state index contributed by atoms with van der Waals surface area (Å²) < 4.78 is 17.9. The second-order valence-corrected chi connectivity index (χ2v) is 3.16. The third-order valence-electron chi connectivity index (χ3n) is 2.17. The van der Waals surface area contributed by atoms with Crippen LogP contribution in [0.4, 0.5) is 10.1 Å². The number of ether oxygens (including phenoxy) is 1. The molecule has 0 bridgehead atoms. The maximum atomic E-state index is 13.5. The van der Waals surface area contributed by atoms with E-state index in [0.29, 0.717) is 0 Å². The highest BCUT2D eigenvalue weighted by atomic mass is 19.1. The molecule has 0 saturated heterocycles. The summed E-state index contributed by atoms with van der Waals surface area (Å²) in [5.41, 5.74) is -0.923. The summed E-state index contributed by atoms with van der Waals surface area (Å²) in [6, 6.07) is 1.89. The highest BCUT2D eigenvalue weighted by molar-refractivity contribution is 5.95. The van der Waals surface area contributed by atoms with Gasteiger partial charge in [0.2, 0.25) is 0 Å². The molecule has 0 aliphatic carbocycles. The first kappa shape index (κ1) is 12.8. The zero-order valence-corrected chi connectivity index (χ0v) is 9.10. The number of rotatable bonds is 4. The average molecular weight is 239 g/mol. The number of methoxy groups -OCH3 is 1. The van der Waals surface area contributed by atoms with Crippen molar-refractivity contribution < 1.29 is 18.8 Å². The predicted molar refractivity (Wildman–Crippen MR) is 58.3 cm³/mol. The van der Waals surface area contributed by atoms with Crippen molar-refractivity contribution in [3.8, 4) is 0 Å². The van der Waals surface area contributed by atoms with Crippen LogP contribution in [-0.4, -0.2) is 18.0 Å². The van der Waals surface area contributed by atoms with Crippen molar-refractivity contribution in [1.29, 1.82) is 0 Å². The summed E-state index contributed by atoms with van der Waals surface area (Å²) in [5, 5.41) is 10.8. The number of benzene rings is 1. The number of nitro benzene ring substituents is 1. The Bertz CT molecular complexity index is 485. The minimum absolute atomic E-state index is 0.0119. The van der Waals surface area contributed by atoms with Crippen LogP contribution in [0.3, 0.4) is 0 Å². The second kappa shape index (κ2) is 5.20. The summed E-state index contributed by atoms with van der Waals surface area (Å²) in [6.45, 7) is 3.41. The molecule has 0 heterocycles. The van der Waals surface area contributed by atoms with Gasteiger partial charge in [-0.2, -0.15) is 0 Å². The lowest BCUT2D eigenvalue weighted by molar-refractivity contribution is -0.385. The van der Waals surface area contributed by atoms with Crippen molar-refractivity contribution in [2.75, 3.05) is 7.11 Å². The number of esters is 1. The third-order valence-corrected chi connectivity index (χ3v) is 2.17. The number of hydrogen-bond donors (Lipinski definition) is 0. The van der Waals surface area contributed by atoms with Crippen molar-refractivity contribution in [3.05, 3.63) is 51.8 Å². The summed E-state index contributed by atoms with van der Waals surface area (Å²) in [6.07, 6.45) is 1.37. The van der Waals surface area contributed by atoms with Crippen LogP contribution in [0.1, 0.15) is 15.9 Å². The van der Waals surface area contributed by atoms with Gasteiger partial charge >= 0.3 is 5.97 Å². The fourth-order valence-corrected chi connectivity index (χ4v) is 1.44. The van der Waals surface area contributed by atoms with Gasteiger partial charge in [-0.25, -0.2) is 9.18 Å². The number of allylic oxidation sites excluding steroid dienone is 1. The molecule has 0 aliphatic rings. The molecule has 0 amide bonds. The van der Waals surface area contributed by atoms with E-state index in [4.69, 9.17) is 0 Å². The normalized spacial score (nSPS) is 9.76. The van der Waals surface area contributed by atoms with E-state index in [-0.39, 0.29) is 17.5 Å². The molecule has 6 heteroatoms. The Hall–Kier alpha value is -2.24. The fourth-order valence-electron chi connectivity index (χ4n) is 1.44. The molecule has 1 aromatic carbocycles. The van der Waals surface area contributed by atoms with Crippen molar-refractivity contribution in [2.45, 2.75) is 6.42 Å². The monoisotopic (exact) mass is 239 g/mol. The zero-order chi connectivity index (χ0) is 13.0. The Balaban J connectivity index is 3.54. The molecular weight excluding hydrogens is 229 g/mol. The summed E-state index contributed by atoms with van der Waals surface area (Å²) in [5.74, 6) is -1.64. The maximum Gasteiger partial charge on any atom is 0.345 e. The van der Waals surface area contributed by atoms with E-state index in [1.807, 2.05) is 0 Å². The summed E-state index contributed by atoms with van der Waals surface area (Å²) in [4.78, 5) is 21.5. The van der Waals surface area contributed by atoms with Gasteiger partial charge in [0.15, 0.2) is 0 Å². The Labute approximate surface area is 96.7 Å².